The fourth-order valence-corrected chi connectivity index (χ4v) is 2.93. The molecule has 0 saturated heterocycles. The standard InChI is InChI=1S/C19H20F2N2O2/c20-14-6-7-16(17(21)10-14)18-11-15(23-25-18)12-19(24)22-9-8-13-4-2-1-3-5-13/h4,6-7,10-11H,1-3,5,8-9,12H2,(H,22,24). The highest BCUT2D eigenvalue weighted by Crippen LogP contribution is 2.24. The number of benzene rings is 1. The van der Waals surface area contributed by atoms with Crippen molar-refractivity contribution >= 4 is 5.91 Å². The van der Waals surface area contributed by atoms with Gasteiger partial charge >= 0.3 is 0 Å². The van der Waals surface area contributed by atoms with Gasteiger partial charge in [0.05, 0.1) is 17.7 Å². The first-order chi connectivity index (χ1) is 12.1. The Morgan fingerprint density at radius 2 is 2.12 bits per heavy atom. The molecule has 3 rings (SSSR count). The molecule has 0 fully saturated rings. The number of amides is 1. The number of allylic oxidation sites excluding steroid dienone is 1. The summed E-state index contributed by atoms with van der Waals surface area (Å²) in [7, 11) is 0. The molecular formula is C19H20F2N2O2. The molecule has 0 spiro atoms. The first-order valence-electron chi connectivity index (χ1n) is 8.47. The average molecular weight is 346 g/mol. The van der Waals surface area contributed by atoms with Gasteiger partial charge in [0.2, 0.25) is 5.91 Å². The van der Waals surface area contributed by atoms with Crippen LogP contribution in [0.15, 0.2) is 40.4 Å². The van der Waals surface area contributed by atoms with Crippen LogP contribution in [-0.2, 0) is 11.2 Å². The summed E-state index contributed by atoms with van der Waals surface area (Å²) in [5, 5.41) is 6.65. The third-order valence-electron chi connectivity index (χ3n) is 4.25. The summed E-state index contributed by atoms with van der Waals surface area (Å²) in [6.07, 6.45) is 7.91. The van der Waals surface area contributed by atoms with E-state index in [0.717, 1.165) is 31.4 Å². The number of halogens is 2. The molecule has 1 amide bonds. The minimum absolute atomic E-state index is 0.0609. The normalized spacial score (nSPS) is 14.2. The molecule has 1 aliphatic carbocycles. The molecule has 6 heteroatoms. The number of nitrogens with zero attached hydrogens (tertiary/aromatic N) is 1. The molecule has 0 unspecified atom stereocenters. The largest absolute Gasteiger partial charge is 0.356 e. The molecule has 1 aliphatic rings. The van der Waals surface area contributed by atoms with Crippen molar-refractivity contribution < 1.29 is 18.1 Å². The fraction of sp³-hybridized carbons (Fsp3) is 0.368. The van der Waals surface area contributed by atoms with E-state index in [-0.39, 0.29) is 23.7 Å². The lowest BCUT2D eigenvalue weighted by atomic mass is 9.97. The second kappa shape index (κ2) is 8.05. The van der Waals surface area contributed by atoms with E-state index < -0.39 is 11.6 Å². The van der Waals surface area contributed by atoms with Gasteiger partial charge in [-0.3, -0.25) is 4.79 Å². The molecule has 0 bridgehead atoms. The number of hydrogen-bond acceptors (Lipinski definition) is 3. The summed E-state index contributed by atoms with van der Waals surface area (Å²) in [6, 6.07) is 4.71. The first-order valence-corrected chi connectivity index (χ1v) is 8.47. The van der Waals surface area contributed by atoms with Gasteiger partial charge in [0.1, 0.15) is 11.6 Å². The summed E-state index contributed by atoms with van der Waals surface area (Å²) >= 11 is 0. The van der Waals surface area contributed by atoms with Crippen molar-refractivity contribution in [2.24, 2.45) is 0 Å². The average Bonchev–Trinajstić information content (AvgIpc) is 3.04. The van der Waals surface area contributed by atoms with E-state index in [9.17, 15) is 13.6 Å². The van der Waals surface area contributed by atoms with E-state index in [1.807, 2.05) is 0 Å². The van der Waals surface area contributed by atoms with Gasteiger partial charge in [-0.2, -0.15) is 0 Å². The van der Waals surface area contributed by atoms with Crippen molar-refractivity contribution in [3.8, 4) is 11.3 Å². The van der Waals surface area contributed by atoms with E-state index in [1.165, 1.54) is 30.5 Å². The summed E-state index contributed by atoms with van der Waals surface area (Å²) in [5.41, 5.74) is 1.93. The Hall–Kier alpha value is -2.50. The molecule has 0 aliphatic heterocycles. The van der Waals surface area contributed by atoms with Gasteiger partial charge in [-0.1, -0.05) is 16.8 Å². The molecular weight excluding hydrogens is 326 g/mol. The van der Waals surface area contributed by atoms with Crippen molar-refractivity contribution in [1.82, 2.24) is 10.5 Å². The van der Waals surface area contributed by atoms with Crippen LogP contribution in [0.4, 0.5) is 8.78 Å². The van der Waals surface area contributed by atoms with Crippen molar-refractivity contribution in [3.63, 3.8) is 0 Å². The van der Waals surface area contributed by atoms with Crippen LogP contribution in [0, 0.1) is 11.6 Å². The zero-order valence-electron chi connectivity index (χ0n) is 13.9. The lowest BCUT2D eigenvalue weighted by Crippen LogP contribution is -2.26. The molecule has 132 valence electrons. The molecule has 1 heterocycles. The van der Waals surface area contributed by atoms with E-state index >= 15 is 0 Å². The number of nitrogens with one attached hydrogen (secondary N) is 1. The third-order valence-corrected chi connectivity index (χ3v) is 4.25. The van der Waals surface area contributed by atoms with Crippen LogP contribution in [0.1, 0.15) is 37.8 Å². The lowest BCUT2D eigenvalue weighted by Gasteiger charge is -2.12. The number of rotatable bonds is 6. The van der Waals surface area contributed by atoms with Crippen LogP contribution in [-0.4, -0.2) is 17.6 Å². The Kier molecular flexibility index (Phi) is 5.58. The number of hydrogen-bond donors (Lipinski definition) is 1. The minimum atomic E-state index is -0.729. The predicted molar refractivity (Wildman–Crippen MR) is 89.7 cm³/mol. The van der Waals surface area contributed by atoms with Crippen molar-refractivity contribution in [1.29, 1.82) is 0 Å². The SMILES string of the molecule is O=C(Cc1cc(-c2ccc(F)cc2F)on1)NCCC1=CCCCC1. The van der Waals surface area contributed by atoms with E-state index in [2.05, 4.69) is 16.5 Å². The fourth-order valence-electron chi connectivity index (χ4n) is 2.93. The van der Waals surface area contributed by atoms with Gasteiger partial charge in [-0.15, -0.1) is 0 Å². The van der Waals surface area contributed by atoms with Gasteiger partial charge < -0.3 is 9.84 Å². The maximum absolute atomic E-state index is 13.7. The number of carbonyl (C=O) groups excluding carboxylic acids is 1. The van der Waals surface area contributed by atoms with Crippen LogP contribution in [0.2, 0.25) is 0 Å². The Bertz CT molecular complexity index is 783. The molecule has 0 radical (unpaired) electrons. The predicted octanol–water partition coefficient (Wildman–Crippen LogP) is 4.17. The van der Waals surface area contributed by atoms with Gasteiger partial charge in [0.25, 0.3) is 0 Å². The lowest BCUT2D eigenvalue weighted by molar-refractivity contribution is -0.120. The second-order valence-electron chi connectivity index (χ2n) is 6.19. The smallest absolute Gasteiger partial charge is 0.226 e. The molecule has 4 nitrogen and oxygen atoms in total. The van der Waals surface area contributed by atoms with Crippen molar-refractivity contribution in [2.75, 3.05) is 6.54 Å². The van der Waals surface area contributed by atoms with Crippen LogP contribution in [0.25, 0.3) is 11.3 Å². The molecule has 1 N–H and O–H groups in total. The quantitative estimate of drug-likeness (QED) is 0.799. The van der Waals surface area contributed by atoms with Gasteiger partial charge in [0.15, 0.2) is 5.76 Å². The Balaban J connectivity index is 1.52. The van der Waals surface area contributed by atoms with E-state index in [0.29, 0.717) is 12.2 Å². The van der Waals surface area contributed by atoms with Crippen LogP contribution < -0.4 is 5.32 Å². The molecule has 0 saturated carbocycles. The van der Waals surface area contributed by atoms with E-state index in [4.69, 9.17) is 4.52 Å². The van der Waals surface area contributed by atoms with Gasteiger partial charge in [-0.05, 0) is 44.2 Å². The summed E-state index contributed by atoms with van der Waals surface area (Å²) in [6.45, 7) is 0.599. The zero-order chi connectivity index (χ0) is 17.6. The first kappa shape index (κ1) is 17.3. The summed E-state index contributed by atoms with van der Waals surface area (Å²) in [4.78, 5) is 12.0. The van der Waals surface area contributed by atoms with Gasteiger partial charge in [0, 0.05) is 18.7 Å². The monoisotopic (exact) mass is 346 g/mol. The van der Waals surface area contributed by atoms with Crippen LogP contribution in [0.5, 0.6) is 0 Å². The van der Waals surface area contributed by atoms with Gasteiger partial charge in [-0.25, -0.2) is 8.78 Å². The van der Waals surface area contributed by atoms with Crippen LogP contribution >= 0.6 is 0 Å². The molecule has 1 aromatic heterocycles. The van der Waals surface area contributed by atoms with E-state index in [1.54, 1.807) is 0 Å². The Morgan fingerprint density at radius 1 is 1.24 bits per heavy atom. The molecule has 0 atom stereocenters. The topological polar surface area (TPSA) is 55.1 Å². The van der Waals surface area contributed by atoms with Crippen molar-refractivity contribution in [3.05, 3.63) is 53.2 Å². The molecule has 1 aromatic carbocycles. The summed E-state index contributed by atoms with van der Waals surface area (Å²) in [5.74, 6) is -1.37. The molecule has 2 aromatic rings. The van der Waals surface area contributed by atoms with Crippen LogP contribution in [0.3, 0.4) is 0 Å². The number of aromatic nitrogens is 1. The highest BCUT2D eigenvalue weighted by atomic mass is 19.1. The highest BCUT2D eigenvalue weighted by Gasteiger charge is 2.14. The zero-order valence-corrected chi connectivity index (χ0v) is 13.9. The van der Waals surface area contributed by atoms with Crippen molar-refractivity contribution in [2.45, 2.75) is 38.5 Å². The maximum Gasteiger partial charge on any atom is 0.226 e. The minimum Gasteiger partial charge on any atom is -0.356 e. The second-order valence-corrected chi connectivity index (χ2v) is 6.19. The Morgan fingerprint density at radius 3 is 2.88 bits per heavy atom. The third kappa shape index (κ3) is 4.75. The number of carbonyl (C=O) groups is 1. The Labute approximate surface area is 144 Å². The molecule has 25 heavy (non-hydrogen) atoms. The summed E-state index contributed by atoms with van der Waals surface area (Å²) < 4.78 is 31.8. The highest BCUT2D eigenvalue weighted by molar-refractivity contribution is 5.78. The maximum atomic E-state index is 13.7.